The fraction of sp³-hybridized carbons (Fsp3) is 0.846. The molecule has 1 atom stereocenters. The van der Waals surface area contributed by atoms with E-state index in [1.807, 2.05) is 0 Å². The number of hydrogen-bond donors (Lipinski definition) is 0. The maximum absolute atomic E-state index is 12.4. The standard InChI is InChI=1S/C13H21F3O7S/c1-11(2,3)21-9(17)7-8(10(18)22-12(4,5)6)23-24(19,20)13(14,15)16/h8H,7H2,1-6H3/t8-/m0/s1. The lowest BCUT2D eigenvalue weighted by Gasteiger charge is -2.25. The molecule has 0 aliphatic carbocycles. The van der Waals surface area contributed by atoms with Crippen molar-refractivity contribution in [2.45, 2.75) is 70.8 Å². The molecule has 0 heterocycles. The topological polar surface area (TPSA) is 96.0 Å². The van der Waals surface area contributed by atoms with Gasteiger partial charge in [0.05, 0.1) is 6.42 Å². The molecule has 142 valence electrons. The molecule has 24 heavy (non-hydrogen) atoms. The summed E-state index contributed by atoms with van der Waals surface area (Å²) in [6.07, 6.45) is -3.37. The fourth-order valence-electron chi connectivity index (χ4n) is 1.27. The molecule has 0 aliphatic heterocycles. The SMILES string of the molecule is CC(C)(C)OC(=O)C[C@H](OS(=O)(=O)C(F)(F)F)C(=O)OC(C)(C)C. The van der Waals surface area contributed by atoms with Crippen LogP contribution in [0.4, 0.5) is 13.2 Å². The highest BCUT2D eigenvalue weighted by atomic mass is 32.2. The minimum Gasteiger partial charge on any atom is -0.460 e. The minimum atomic E-state index is -6.10. The van der Waals surface area contributed by atoms with Gasteiger partial charge in [0.15, 0.2) is 6.10 Å². The molecule has 0 radical (unpaired) electrons. The number of alkyl halides is 3. The highest BCUT2D eigenvalue weighted by molar-refractivity contribution is 7.87. The average molecular weight is 378 g/mol. The predicted molar refractivity (Wildman–Crippen MR) is 76.2 cm³/mol. The molecule has 0 saturated carbocycles. The van der Waals surface area contributed by atoms with Crippen LogP contribution in [0.15, 0.2) is 0 Å². The Balaban J connectivity index is 5.39. The van der Waals surface area contributed by atoms with Gasteiger partial charge in [-0.15, -0.1) is 0 Å². The first-order valence-corrected chi connectivity index (χ1v) is 8.19. The van der Waals surface area contributed by atoms with Gasteiger partial charge in [0, 0.05) is 0 Å². The molecule has 0 bridgehead atoms. The van der Waals surface area contributed by atoms with Crippen molar-refractivity contribution in [2.24, 2.45) is 0 Å². The summed E-state index contributed by atoms with van der Waals surface area (Å²) < 4.78 is 73.0. The molecule has 0 amide bonds. The van der Waals surface area contributed by atoms with Gasteiger partial charge in [-0.2, -0.15) is 21.6 Å². The quantitative estimate of drug-likeness (QED) is 0.411. The maximum atomic E-state index is 12.4. The molecule has 0 spiro atoms. The van der Waals surface area contributed by atoms with E-state index < -0.39 is 51.3 Å². The van der Waals surface area contributed by atoms with Crippen molar-refractivity contribution in [3.63, 3.8) is 0 Å². The van der Waals surface area contributed by atoms with Crippen molar-refractivity contribution in [3.8, 4) is 0 Å². The van der Waals surface area contributed by atoms with Crippen LogP contribution in [-0.4, -0.2) is 43.2 Å². The zero-order chi connectivity index (χ0) is 19.6. The first kappa shape index (κ1) is 22.6. The lowest BCUT2D eigenvalue weighted by molar-refractivity contribution is -0.171. The first-order valence-electron chi connectivity index (χ1n) is 6.78. The van der Waals surface area contributed by atoms with Crippen LogP contribution in [0, 0.1) is 0 Å². The second-order valence-corrected chi connectivity index (χ2v) is 8.37. The Kier molecular flexibility index (Phi) is 6.85. The Morgan fingerprint density at radius 2 is 1.33 bits per heavy atom. The van der Waals surface area contributed by atoms with Gasteiger partial charge < -0.3 is 9.47 Å². The third-order valence-electron chi connectivity index (χ3n) is 1.97. The molecular weight excluding hydrogens is 357 g/mol. The van der Waals surface area contributed by atoms with Crippen molar-refractivity contribution in [1.29, 1.82) is 0 Å². The first-order chi connectivity index (χ1) is 10.3. The van der Waals surface area contributed by atoms with E-state index in [0.717, 1.165) is 0 Å². The van der Waals surface area contributed by atoms with Gasteiger partial charge in [-0.25, -0.2) is 8.98 Å². The van der Waals surface area contributed by atoms with Gasteiger partial charge in [0.25, 0.3) is 0 Å². The summed E-state index contributed by atoms with van der Waals surface area (Å²) in [5, 5.41) is 0. The molecule has 0 aromatic rings. The molecule has 0 fully saturated rings. The second-order valence-electron chi connectivity index (χ2n) is 6.81. The number of carbonyl (C=O) groups is 2. The molecule has 0 aliphatic rings. The van der Waals surface area contributed by atoms with Gasteiger partial charge in [0.1, 0.15) is 11.2 Å². The van der Waals surface area contributed by atoms with Gasteiger partial charge in [-0.05, 0) is 41.5 Å². The Morgan fingerprint density at radius 1 is 0.917 bits per heavy atom. The van der Waals surface area contributed by atoms with Crippen molar-refractivity contribution < 1.29 is 44.8 Å². The summed E-state index contributed by atoms with van der Waals surface area (Å²) in [6, 6.07) is 0. The van der Waals surface area contributed by atoms with E-state index in [2.05, 4.69) is 4.18 Å². The molecule has 0 N–H and O–H groups in total. The third kappa shape index (κ3) is 8.48. The van der Waals surface area contributed by atoms with Crippen molar-refractivity contribution >= 4 is 22.1 Å². The van der Waals surface area contributed by atoms with Crippen LogP contribution in [-0.2, 0) is 33.4 Å². The van der Waals surface area contributed by atoms with E-state index in [1.54, 1.807) is 0 Å². The van der Waals surface area contributed by atoms with Crippen LogP contribution in [0.25, 0.3) is 0 Å². The Labute approximate surface area is 138 Å². The van der Waals surface area contributed by atoms with E-state index >= 15 is 0 Å². The lowest BCUT2D eigenvalue weighted by atomic mass is 10.1. The Bertz CT molecular complexity index is 568. The van der Waals surface area contributed by atoms with Crippen LogP contribution in [0.5, 0.6) is 0 Å². The number of ether oxygens (including phenoxy) is 2. The lowest BCUT2D eigenvalue weighted by Crippen LogP contribution is -2.40. The summed E-state index contributed by atoms with van der Waals surface area (Å²) in [5.41, 5.74) is -7.87. The maximum Gasteiger partial charge on any atom is 0.523 e. The average Bonchev–Trinajstić information content (AvgIpc) is 2.20. The van der Waals surface area contributed by atoms with Gasteiger partial charge >= 0.3 is 27.6 Å². The smallest absolute Gasteiger partial charge is 0.460 e. The number of halogens is 3. The van der Waals surface area contributed by atoms with Crippen LogP contribution < -0.4 is 0 Å². The molecule has 0 aromatic carbocycles. The summed E-state index contributed by atoms with van der Waals surface area (Å²) in [4.78, 5) is 23.6. The number of esters is 2. The van der Waals surface area contributed by atoms with Crippen molar-refractivity contribution in [1.82, 2.24) is 0 Å². The molecule has 7 nitrogen and oxygen atoms in total. The molecule has 0 unspecified atom stereocenters. The number of hydrogen-bond acceptors (Lipinski definition) is 7. The normalized spacial score (nSPS) is 14.9. The van der Waals surface area contributed by atoms with Crippen LogP contribution in [0.1, 0.15) is 48.0 Å². The van der Waals surface area contributed by atoms with Crippen molar-refractivity contribution in [2.75, 3.05) is 0 Å². The van der Waals surface area contributed by atoms with Gasteiger partial charge in [-0.3, -0.25) is 4.79 Å². The summed E-state index contributed by atoms with van der Waals surface area (Å²) >= 11 is 0. The Morgan fingerprint density at radius 3 is 1.67 bits per heavy atom. The van der Waals surface area contributed by atoms with Crippen LogP contribution in [0.3, 0.4) is 0 Å². The number of carbonyl (C=O) groups excluding carboxylic acids is 2. The highest BCUT2D eigenvalue weighted by Gasteiger charge is 2.50. The molecule has 0 aromatic heterocycles. The van der Waals surface area contributed by atoms with E-state index in [9.17, 15) is 31.2 Å². The summed E-state index contributed by atoms with van der Waals surface area (Å²) in [6.45, 7) is 8.69. The van der Waals surface area contributed by atoms with Gasteiger partial charge in [0.2, 0.25) is 0 Å². The largest absolute Gasteiger partial charge is 0.523 e. The zero-order valence-corrected chi connectivity index (χ0v) is 15.0. The van der Waals surface area contributed by atoms with Crippen LogP contribution >= 0.6 is 0 Å². The number of rotatable bonds is 5. The summed E-state index contributed by atoms with van der Waals surface area (Å²) in [5.74, 6) is -2.54. The fourth-order valence-corrected chi connectivity index (χ4v) is 1.83. The summed E-state index contributed by atoms with van der Waals surface area (Å²) in [7, 11) is -6.10. The second kappa shape index (κ2) is 7.26. The van der Waals surface area contributed by atoms with E-state index in [-0.39, 0.29) is 0 Å². The Hall–Kier alpha value is -1.36. The van der Waals surface area contributed by atoms with E-state index in [4.69, 9.17) is 9.47 Å². The molecule has 0 rings (SSSR count). The molecule has 11 heteroatoms. The zero-order valence-electron chi connectivity index (χ0n) is 14.2. The minimum absolute atomic E-state index is 0.988. The molecular formula is C13H21F3O7S. The van der Waals surface area contributed by atoms with E-state index in [0.29, 0.717) is 0 Å². The monoisotopic (exact) mass is 378 g/mol. The highest BCUT2D eigenvalue weighted by Crippen LogP contribution is 2.27. The third-order valence-corrected chi connectivity index (χ3v) is 3.02. The van der Waals surface area contributed by atoms with Gasteiger partial charge in [-0.1, -0.05) is 0 Å². The van der Waals surface area contributed by atoms with E-state index in [1.165, 1.54) is 41.5 Å². The van der Waals surface area contributed by atoms with Crippen molar-refractivity contribution in [3.05, 3.63) is 0 Å². The predicted octanol–water partition coefficient (Wildman–Crippen LogP) is 2.29. The van der Waals surface area contributed by atoms with Crippen LogP contribution in [0.2, 0.25) is 0 Å². The molecule has 0 saturated heterocycles.